The predicted octanol–water partition coefficient (Wildman–Crippen LogP) is 2.56. The highest BCUT2D eigenvalue weighted by atomic mass is 35.5. The number of halogens is 1. The zero-order valence-corrected chi connectivity index (χ0v) is 11.5. The lowest BCUT2D eigenvalue weighted by molar-refractivity contribution is -0.385. The summed E-state index contributed by atoms with van der Waals surface area (Å²) in [5.74, 6) is 0.778. The van der Waals surface area contributed by atoms with Gasteiger partial charge in [-0.3, -0.25) is 14.9 Å². The Bertz CT molecular complexity index is 578. The maximum absolute atomic E-state index is 12.3. The van der Waals surface area contributed by atoms with E-state index in [1.807, 2.05) is 0 Å². The van der Waals surface area contributed by atoms with Crippen molar-refractivity contribution in [2.24, 2.45) is 11.8 Å². The maximum atomic E-state index is 12.3. The Labute approximate surface area is 120 Å². The number of carbonyl (C=O) groups is 1. The highest BCUT2D eigenvalue weighted by Gasteiger charge is 2.40. The number of nitro groups is 1. The van der Waals surface area contributed by atoms with Gasteiger partial charge in [0, 0.05) is 6.04 Å². The lowest BCUT2D eigenvalue weighted by Gasteiger charge is -2.22. The summed E-state index contributed by atoms with van der Waals surface area (Å²) in [5.41, 5.74) is -0.326. The van der Waals surface area contributed by atoms with E-state index in [-0.39, 0.29) is 22.4 Å². The molecule has 1 heterocycles. The smallest absolute Gasteiger partial charge is 0.300 e. The highest BCUT2D eigenvalue weighted by Crippen LogP contribution is 2.44. The second kappa shape index (κ2) is 5.01. The van der Waals surface area contributed by atoms with Crippen LogP contribution in [0.15, 0.2) is 12.3 Å². The van der Waals surface area contributed by atoms with E-state index < -0.39 is 10.8 Å². The third-order valence-corrected chi connectivity index (χ3v) is 4.55. The number of hydrogen-bond acceptors (Lipinski definition) is 4. The van der Waals surface area contributed by atoms with Gasteiger partial charge in [-0.2, -0.15) is 0 Å². The molecule has 0 spiro atoms. The van der Waals surface area contributed by atoms with Crippen molar-refractivity contribution >= 4 is 23.2 Å². The fraction of sp³-hybridized carbons (Fsp3) is 0.538. The molecule has 1 N–H and O–H groups in total. The third kappa shape index (κ3) is 2.35. The van der Waals surface area contributed by atoms with Crippen molar-refractivity contribution in [3.05, 3.63) is 33.1 Å². The van der Waals surface area contributed by atoms with Crippen LogP contribution in [0.1, 0.15) is 36.0 Å². The molecule has 0 saturated heterocycles. The van der Waals surface area contributed by atoms with E-state index in [0.717, 1.165) is 25.5 Å². The predicted molar refractivity (Wildman–Crippen MR) is 72.6 cm³/mol. The monoisotopic (exact) mass is 295 g/mol. The van der Waals surface area contributed by atoms with Crippen LogP contribution < -0.4 is 5.32 Å². The number of hydrogen-bond donors (Lipinski definition) is 1. The first kappa shape index (κ1) is 13.3. The third-order valence-electron chi connectivity index (χ3n) is 4.35. The first-order chi connectivity index (χ1) is 9.54. The molecule has 2 bridgehead atoms. The summed E-state index contributed by atoms with van der Waals surface area (Å²) in [7, 11) is 0. The Morgan fingerprint density at radius 2 is 2.25 bits per heavy atom. The number of nitrogens with one attached hydrogen (secondary N) is 1. The van der Waals surface area contributed by atoms with Crippen LogP contribution in [0.2, 0.25) is 5.15 Å². The van der Waals surface area contributed by atoms with Crippen molar-refractivity contribution in [1.29, 1.82) is 0 Å². The number of fused-ring (bicyclic) bond motifs is 2. The van der Waals surface area contributed by atoms with Crippen LogP contribution in [0.25, 0.3) is 0 Å². The van der Waals surface area contributed by atoms with Crippen LogP contribution in [-0.4, -0.2) is 21.9 Å². The first-order valence-corrected chi connectivity index (χ1v) is 7.03. The van der Waals surface area contributed by atoms with Crippen LogP contribution in [-0.2, 0) is 0 Å². The Kier molecular flexibility index (Phi) is 3.33. The normalized spacial score (nSPS) is 27.6. The van der Waals surface area contributed by atoms with E-state index >= 15 is 0 Å². The summed E-state index contributed by atoms with van der Waals surface area (Å²) in [6, 6.07) is 1.38. The fourth-order valence-corrected chi connectivity index (χ4v) is 3.58. The van der Waals surface area contributed by atoms with Gasteiger partial charge in [-0.05, 0) is 37.2 Å². The number of aromatic nitrogens is 1. The van der Waals surface area contributed by atoms with Gasteiger partial charge >= 0.3 is 0 Å². The maximum Gasteiger partial charge on any atom is 0.300 e. The van der Waals surface area contributed by atoms with E-state index in [0.29, 0.717) is 11.8 Å². The second-order valence-electron chi connectivity index (χ2n) is 5.54. The van der Waals surface area contributed by atoms with Gasteiger partial charge in [0.05, 0.1) is 4.92 Å². The zero-order chi connectivity index (χ0) is 14.3. The molecule has 7 heteroatoms. The average Bonchev–Trinajstić information content (AvgIpc) is 3.00. The van der Waals surface area contributed by atoms with Crippen molar-refractivity contribution in [2.45, 2.75) is 31.7 Å². The standard InChI is InChI=1S/C13H14ClN3O3/c14-12-5-9(11(6-15-12)17(19)20)13(18)16-10-4-7-1-2-8(10)3-7/h5-8,10H,1-4H2,(H,16,18). The molecule has 3 rings (SSSR count). The molecule has 2 aliphatic carbocycles. The first-order valence-electron chi connectivity index (χ1n) is 6.65. The molecule has 2 fully saturated rings. The molecule has 20 heavy (non-hydrogen) atoms. The molecular weight excluding hydrogens is 282 g/mol. The molecule has 3 atom stereocenters. The summed E-state index contributed by atoms with van der Waals surface area (Å²) < 4.78 is 0. The van der Waals surface area contributed by atoms with Gasteiger partial charge in [0.2, 0.25) is 0 Å². The summed E-state index contributed by atoms with van der Waals surface area (Å²) in [5, 5.41) is 13.9. The Hall–Kier alpha value is -1.69. The fourth-order valence-electron chi connectivity index (χ4n) is 3.42. The van der Waals surface area contributed by atoms with Gasteiger partial charge in [-0.1, -0.05) is 18.0 Å². The quantitative estimate of drug-likeness (QED) is 0.527. The number of nitrogens with zero attached hydrogens (tertiary/aromatic N) is 2. The highest BCUT2D eigenvalue weighted by molar-refractivity contribution is 6.29. The molecule has 106 valence electrons. The van der Waals surface area contributed by atoms with E-state index in [1.54, 1.807) is 0 Å². The number of rotatable bonds is 3. The molecule has 2 aliphatic rings. The van der Waals surface area contributed by atoms with E-state index in [1.165, 1.54) is 12.5 Å². The minimum absolute atomic E-state index is 0.0160. The van der Waals surface area contributed by atoms with Crippen molar-refractivity contribution in [2.75, 3.05) is 0 Å². The van der Waals surface area contributed by atoms with Crippen LogP contribution in [0, 0.1) is 22.0 Å². The van der Waals surface area contributed by atoms with Crippen LogP contribution >= 0.6 is 11.6 Å². The average molecular weight is 296 g/mol. The molecule has 6 nitrogen and oxygen atoms in total. The van der Waals surface area contributed by atoms with Crippen LogP contribution in [0.3, 0.4) is 0 Å². The molecule has 0 radical (unpaired) electrons. The molecular formula is C13H14ClN3O3. The van der Waals surface area contributed by atoms with Gasteiger partial charge in [-0.25, -0.2) is 4.98 Å². The van der Waals surface area contributed by atoms with Crippen LogP contribution in [0.5, 0.6) is 0 Å². The van der Waals surface area contributed by atoms with Gasteiger partial charge in [0.1, 0.15) is 16.9 Å². The van der Waals surface area contributed by atoms with Gasteiger partial charge < -0.3 is 5.32 Å². The Balaban J connectivity index is 1.80. The SMILES string of the molecule is O=C(NC1CC2CCC1C2)c1cc(Cl)ncc1[N+](=O)[O-]. The van der Waals surface area contributed by atoms with Crippen molar-refractivity contribution in [1.82, 2.24) is 10.3 Å². The molecule has 1 aromatic heterocycles. The molecule has 0 aliphatic heterocycles. The Morgan fingerprint density at radius 1 is 1.45 bits per heavy atom. The van der Waals surface area contributed by atoms with E-state index in [9.17, 15) is 14.9 Å². The summed E-state index contributed by atoms with van der Waals surface area (Å²) in [6.45, 7) is 0. The minimum Gasteiger partial charge on any atom is -0.349 e. The van der Waals surface area contributed by atoms with Crippen molar-refractivity contribution in [3.63, 3.8) is 0 Å². The number of amides is 1. The number of carbonyl (C=O) groups excluding carboxylic acids is 1. The number of pyridine rings is 1. The van der Waals surface area contributed by atoms with E-state index in [2.05, 4.69) is 10.3 Å². The largest absolute Gasteiger partial charge is 0.349 e. The van der Waals surface area contributed by atoms with Crippen molar-refractivity contribution < 1.29 is 9.72 Å². The zero-order valence-electron chi connectivity index (χ0n) is 10.7. The minimum atomic E-state index is -0.612. The summed E-state index contributed by atoms with van der Waals surface area (Å²) in [6.07, 6.45) is 5.53. The van der Waals surface area contributed by atoms with Gasteiger partial charge in [0.25, 0.3) is 11.6 Å². The molecule has 0 aromatic carbocycles. The molecule has 1 amide bonds. The summed E-state index contributed by atoms with van der Waals surface area (Å²) >= 11 is 5.73. The van der Waals surface area contributed by atoms with E-state index in [4.69, 9.17) is 11.6 Å². The topological polar surface area (TPSA) is 85.1 Å². The second-order valence-corrected chi connectivity index (χ2v) is 5.92. The Morgan fingerprint density at radius 3 is 2.85 bits per heavy atom. The van der Waals surface area contributed by atoms with Crippen molar-refractivity contribution in [3.8, 4) is 0 Å². The molecule has 2 saturated carbocycles. The summed E-state index contributed by atoms with van der Waals surface area (Å²) in [4.78, 5) is 26.2. The van der Waals surface area contributed by atoms with Gasteiger partial charge in [-0.15, -0.1) is 0 Å². The molecule has 1 aromatic rings. The lowest BCUT2D eigenvalue weighted by atomic mass is 9.95. The van der Waals surface area contributed by atoms with Gasteiger partial charge in [0.15, 0.2) is 0 Å². The lowest BCUT2D eigenvalue weighted by Crippen LogP contribution is -2.38. The van der Waals surface area contributed by atoms with Crippen LogP contribution in [0.4, 0.5) is 5.69 Å². The molecule has 3 unspecified atom stereocenters.